The van der Waals surface area contributed by atoms with Crippen molar-refractivity contribution >= 4 is 17.6 Å². The van der Waals surface area contributed by atoms with Crippen LogP contribution in [0.2, 0.25) is 0 Å². The maximum absolute atomic E-state index is 8.96. The molecule has 0 saturated carbocycles. The Labute approximate surface area is 124 Å². The lowest BCUT2D eigenvalue weighted by Gasteiger charge is -2.06. The number of hydrogen-bond donors (Lipinski definition) is 1. The van der Waals surface area contributed by atoms with Crippen LogP contribution in [0.5, 0.6) is 0 Å². The molecule has 0 unspecified atom stereocenters. The SMILES string of the molecule is Cc1ccc(CSCCNc2ncccc2C#N)cc1. The van der Waals surface area contributed by atoms with E-state index in [1.165, 1.54) is 11.1 Å². The Bertz CT molecular complexity index is 587. The third-order valence-corrected chi connectivity index (χ3v) is 3.89. The van der Waals surface area contributed by atoms with Crippen LogP contribution in [0.15, 0.2) is 42.6 Å². The summed E-state index contributed by atoms with van der Waals surface area (Å²) in [4.78, 5) is 4.17. The average molecular weight is 283 g/mol. The lowest BCUT2D eigenvalue weighted by atomic mass is 10.2. The van der Waals surface area contributed by atoms with E-state index in [1.807, 2.05) is 11.8 Å². The van der Waals surface area contributed by atoms with Crippen molar-refractivity contribution in [2.45, 2.75) is 12.7 Å². The molecule has 1 N–H and O–H groups in total. The van der Waals surface area contributed by atoms with E-state index in [0.717, 1.165) is 18.1 Å². The van der Waals surface area contributed by atoms with Crippen molar-refractivity contribution < 1.29 is 0 Å². The summed E-state index contributed by atoms with van der Waals surface area (Å²) in [5.74, 6) is 2.66. The highest BCUT2D eigenvalue weighted by Gasteiger charge is 2.00. The summed E-state index contributed by atoms with van der Waals surface area (Å²) in [5.41, 5.74) is 3.23. The predicted octanol–water partition coefficient (Wildman–Crippen LogP) is 3.61. The molecule has 0 fully saturated rings. The highest BCUT2D eigenvalue weighted by molar-refractivity contribution is 7.98. The zero-order chi connectivity index (χ0) is 14.2. The molecule has 2 rings (SSSR count). The summed E-state index contributed by atoms with van der Waals surface area (Å²) in [5, 5.41) is 12.2. The van der Waals surface area contributed by atoms with Gasteiger partial charge < -0.3 is 5.32 Å². The van der Waals surface area contributed by atoms with Gasteiger partial charge in [0.25, 0.3) is 0 Å². The van der Waals surface area contributed by atoms with Crippen LogP contribution >= 0.6 is 11.8 Å². The quantitative estimate of drug-likeness (QED) is 0.823. The molecule has 0 aliphatic rings. The van der Waals surface area contributed by atoms with Crippen molar-refractivity contribution in [2.24, 2.45) is 0 Å². The standard InChI is InChI=1S/C16H17N3S/c1-13-4-6-14(7-5-13)12-20-10-9-19-16-15(11-17)3-2-8-18-16/h2-8H,9-10,12H2,1H3,(H,18,19). The number of thioether (sulfide) groups is 1. The fraction of sp³-hybridized carbons (Fsp3) is 0.250. The molecule has 4 heteroatoms. The van der Waals surface area contributed by atoms with Crippen LogP contribution in [0.1, 0.15) is 16.7 Å². The molecule has 2 aromatic rings. The number of anilines is 1. The van der Waals surface area contributed by atoms with Crippen molar-refractivity contribution in [3.63, 3.8) is 0 Å². The molecular weight excluding hydrogens is 266 g/mol. The third-order valence-electron chi connectivity index (χ3n) is 2.86. The Hall–Kier alpha value is -1.99. The van der Waals surface area contributed by atoms with Crippen molar-refractivity contribution in [1.29, 1.82) is 5.26 Å². The van der Waals surface area contributed by atoms with Crippen LogP contribution in [0, 0.1) is 18.3 Å². The summed E-state index contributed by atoms with van der Waals surface area (Å²) in [7, 11) is 0. The van der Waals surface area contributed by atoms with Gasteiger partial charge in [0.15, 0.2) is 0 Å². The average Bonchev–Trinajstić information content (AvgIpc) is 2.49. The smallest absolute Gasteiger partial charge is 0.143 e. The molecule has 0 radical (unpaired) electrons. The number of nitrogens with zero attached hydrogens (tertiary/aromatic N) is 2. The Morgan fingerprint density at radius 3 is 2.80 bits per heavy atom. The summed E-state index contributed by atoms with van der Waals surface area (Å²) >= 11 is 1.87. The zero-order valence-electron chi connectivity index (χ0n) is 11.5. The van der Waals surface area contributed by atoms with Gasteiger partial charge in [0.2, 0.25) is 0 Å². The lowest BCUT2D eigenvalue weighted by molar-refractivity contribution is 1.16. The van der Waals surface area contributed by atoms with Crippen LogP contribution < -0.4 is 5.32 Å². The van der Waals surface area contributed by atoms with Crippen LogP contribution in [0.4, 0.5) is 5.82 Å². The fourth-order valence-electron chi connectivity index (χ4n) is 1.75. The minimum Gasteiger partial charge on any atom is -0.368 e. The minimum atomic E-state index is 0.594. The van der Waals surface area contributed by atoms with Gasteiger partial charge in [-0.1, -0.05) is 29.8 Å². The molecule has 0 spiro atoms. The number of aryl methyl sites for hydroxylation is 1. The van der Waals surface area contributed by atoms with Gasteiger partial charge in [-0.3, -0.25) is 0 Å². The molecule has 1 heterocycles. The van der Waals surface area contributed by atoms with Gasteiger partial charge in [-0.2, -0.15) is 17.0 Å². The van der Waals surface area contributed by atoms with E-state index in [1.54, 1.807) is 18.3 Å². The second-order valence-corrected chi connectivity index (χ2v) is 5.58. The summed E-state index contributed by atoms with van der Waals surface area (Å²) in [6, 6.07) is 14.3. The van der Waals surface area contributed by atoms with Crippen LogP contribution in [0.25, 0.3) is 0 Å². The predicted molar refractivity (Wildman–Crippen MR) is 84.8 cm³/mol. The third kappa shape index (κ3) is 4.29. The summed E-state index contributed by atoms with van der Waals surface area (Å²) < 4.78 is 0. The van der Waals surface area contributed by atoms with E-state index in [9.17, 15) is 0 Å². The molecule has 0 aliphatic carbocycles. The van der Waals surface area contributed by atoms with Gasteiger partial charge in [-0.05, 0) is 24.6 Å². The largest absolute Gasteiger partial charge is 0.368 e. The number of hydrogen-bond acceptors (Lipinski definition) is 4. The molecule has 20 heavy (non-hydrogen) atoms. The number of benzene rings is 1. The number of pyridine rings is 1. The number of nitrogens with one attached hydrogen (secondary N) is 1. The number of aromatic nitrogens is 1. The first kappa shape index (κ1) is 14.4. The van der Waals surface area contributed by atoms with Crippen molar-refractivity contribution in [1.82, 2.24) is 4.98 Å². The maximum Gasteiger partial charge on any atom is 0.143 e. The monoisotopic (exact) mass is 283 g/mol. The Morgan fingerprint density at radius 1 is 1.25 bits per heavy atom. The van der Waals surface area contributed by atoms with E-state index in [0.29, 0.717) is 11.4 Å². The Kier molecular flexibility index (Phi) is 5.45. The lowest BCUT2D eigenvalue weighted by Crippen LogP contribution is -2.07. The summed E-state index contributed by atoms with van der Waals surface area (Å²) in [6.07, 6.45) is 1.70. The van der Waals surface area contributed by atoms with Gasteiger partial charge in [0, 0.05) is 24.2 Å². The minimum absolute atomic E-state index is 0.594. The zero-order valence-corrected chi connectivity index (χ0v) is 12.3. The molecule has 3 nitrogen and oxygen atoms in total. The molecule has 0 aliphatic heterocycles. The van der Waals surface area contributed by atoms with Crippen LogP contribution in [-0.4, -0.2) is 17.3 Å². The molecular formula is C16H17N3S. The molecule has 1 aromatic heterocycles. The first-order chi connectivity index (χ1) is 9.79. The van der Waals surface area contributed by atoms with Crippen molar-refractivity contribution in [3.05, 3.63) is 59.3 Å². The summed E-state index contributed by atoms with van der Waals surface area (Å²) in [6.45, 7) is 2.91. The van der Waals surface area contributed by atoms with Gasteiger partial charge in [-0.15, -0.1) is 0 Å². The van der Waals surface area contributed by atoms with Gasteiger partial charge in [-0.25, -0.2) is 4.98 Å². The van der Waals surface area contributed by atoms with E-state index in [2.05, 4.69) is 47.6 Å². The fourth-order valence-corrected chi connectivity index (χ4v) is 2.57. The second-order valence-electron chi connectivity index (χ2n) is 4.48. The van der Waals surface area contributed by atoms with Gasteiger partial charge >= 0.3 is 0 Å². The molecule has 0 saturated heterocycles. The number of nitriles is 1. The van der Waals surface area contributed by atoms with E-state index in [-0.39, 0.29) is 0 Å². The first-order valence-electron chi connectivity index (χ1n) is 6.52. The van der Waals surface area contributed by atoms with Gasteiger partial charge in [0.05, 0.1) is 5.56 Å². The first-order valence-corrected chi connectivity index (χ1v) is 7.67. The number of rotatable bonds is 6. The molecule has 0 bridgehead atoms. The van der Waals surface area contributed by atoms with Crippen LogP contribution in [0.3, 0.4) is 0 Å². The van der Waals surface area contributed by atoms with Crippen molar-refractivity contribution in [2.75, 3.05) is 17.6 Å². The molecule has 0 amide bonds. The Balaban J connectivity index is 1.72. The Morgan fingerprint density at radius 2 is 2.05 bits per heavy atom. The van der Waals surface area contributed by atoms with Gasteiger partial charge in [0.1, 0.15) is 11.9 Å². The highest BCUT2D eigenvalue weighted by Crippen LogP contribution is 2.14. The molecule has 1 aromatic carbocycles. The normalized spacial score (nSPS) is 10.0. The second kappa shape index (κ2) is 7.56. The molecule has 0 atom stereocenters. The van der Waals surface area contributed by atoms with Crippen LogP contribution in [-0.2, 0) is 5.75 Å². The van der Waals surface area contributed by atoms with Crippen molar-refractivity contribution in [3.8, 4) is 6.07 Å². The van der Waals surface area contributed by atoms with E-state index >= 15 is 0 Å². The maximum atomic E-state index is 8.96. The van der Waals surface area contributed by atoms with E-state index in [4.69, 9.17) is 5.26 Å². The molecule has 102 valence electrons. The topological polar surface area (TPSA) is 48.7 Å². The van der Waals surface area contributed by atoms with E-state index < -0.39 is 0 Å². The highest BCUT2D eigenvalue weighted by atomic mass is 32.2.